The van der Waals surface area contributed by atoms with E-state index >= 15 is 0 Å². The van der Waals surface area contributed by atoms with Crippen molar-refractivity contribution >= 4 is 17.8 Å². The molecule has 19 heavy (non-hydrogen) atoms. The van der Waals surface area contributed by atoms with Crippen LogP contribution in [0.25, 0.3) is 0 Å². The molecule has 108 valence electrons. The van der Waals surface area contributed by atoms with E-state index in [0.717, 1.165) is 0 Å². The predicted molar refractivity (Wildman–Crippen MR) is 69.4 cm³/mol. The summed E-state index contributed by atoms with van der Waals surface area (Å²) in [5.74, 6) is -2.03. The van der Waals surface area contributed by atoms with Gasteiger partial charge in [0.1, 0.15) is 6.04 Å². The minimum atomic E-state index is -0.846. The van der Waals surface area contributed by atoms with Crippen LogP contribution in [0.15, 0.2) is 0 Å². The maximum atomic E-state index is 11.9. The number of hydrogen-bond donors (Lipinski definition) is 3. The molecule has 6 heteroatoms. The first-order valence-electron chi connectivity index (χ1n) is 6.64. The number of carbonyl (C=O) groups excluding carboxylic acids is 2. The second-order valence-electron chi connectivity index (χ2n) is 5.44. The summed E-state index contributed by atoms with van der Waals surface area (Å²) in [4.78, 5) is 34.4. The molecule has 1 aliphatic carbocycles. The molecule has 0 spiro atoms. The van der Waals surface area contributed by atoms with Crippen LogP contribution >= 0.6 is 0 Å². The number of aliphatic carboxylic acids is 1. The third-order valence-corrected chi connectivity index (χ3v) is 3.34. The largest absolute Gasteiger partial charge is 0.481 e. The van der Waals surface area contributed by atoms with Gasteiger partial charge in [0.05, 0.1) is 5.92 Å². The number of carboxylic acids is 1. The van der Waals surface area contributed by atoms with Crippen LogP contribution in [0.1, 0.15) is 40.0 Å². The van der Waals surface area contributed by atoms with Gasteiger partial charge in [-0.05, 0) is 40.0 Å². The summed E-state index contributed by atoms with van der Waals surface area (Å²) in [7, 11) is 0. The van der Waals surface area contributed by atoms with E-state index in [1.807, 2.05) is 13.8 Å². The van der Waals surface area contributed by atoms with E-state index in [-0.39, 0.29) is 23.8 Å². The molecule has 0 aromatic heterocycles. The molecule has 0 saturated heterocycles. The lowest BCUT2D eigenvalue weighted by Gasteiger charge is -2.18. The number of rotatable bonds is 5. The van der Waals surface area contributed by atoms with Crippen LogP contribution in [0.4, 0.5) is 0 Å². The van der Waals surface area contributed by atoms with Gasteiger partial charge in [-0.15, -0.1) is 0 Å². The Morgan fingerprint density at radius 1 is 1.05 bits per heavy atom. The van der Waals surface area contributed by atoms with E-state index in [1.54, 1.807) is 6.92 Å². The second kappa shape index (κ2) is 6.54. The van der Waals surface area contributed by atoms with Crippen LogP contribution in [0.2, 0.25) is 0 Å². The number of carboxylic acid groups (broad SMARTS) is 1. The Labute approximate surface area is 112 Å². The highest BCUT2D eigenvalue weighted by molar-refractivity contribution is 5.88. The topological polar surface area (TPSA) is 95.5 Å². The summed E-state index contributed by atoms with van der Waals surface area (Å²) in [6, 6.07) is -0.575. The van der Waals surface area contributed by atoms with Gasteiger partial charge in [-0.2, -0.15) is 0 Å². The van der Waals surface area contributed by atoms with Gasteiger partial charge >= 0.3 is 5.97 Å². The highest BCUT2D eigenvalue weighted by Gasteiger charge is 2.34. The van der Waals surface area contributed by atoms with Crippen molar-refractivity contribution in [2.45, 2.75) is 52.1 Å². The lowest BCUT2D eigenvalue weighted by Crippen LogP contribution is -2.48. The first kappa shape index (κ1) is 15.5. The lowest BCUT2D eigenvalue weighted by atomic mass is 10.0. The van der Waals surface area contributed by atoms with Crippen molar-refractivity contribution in [1.29, 1.82) is 0 Å². The second-order valence-corrected chi connectivity index (χ2v) is 5.44. The van der Waals surface area contributed by atoms with Crippen molar-refractivity contribution in [1.82, 2.24) is 10.6 Å². The highest BCUT2D eigenvalue weighted by atomic mass is 16.4. The zero-order valence-electron chi connectivity index (χ0n) is 11.6. The van der Waals surface area contributed by atoms with Crippen molar-refractivity contribution in [3.8, 4) is 0 Å². The van der Waals surface area contributed by atoms with Gasteiger partial charge in [-0.3, -0.25) is 14.4 Å². The van der Waals surface area contributed by atoms with Gasteiger partial charge in [0, 0.05) is 12.0 Å². The van der Waals surface area contributed by atoms with E-state index < -0.39 is 17.9 Å². The molecule has 1 aliphatic rings. The number of nitrogens with one attached hydrogen (secondary N) is 2. The minimum Gasteiger partial charge on any atom is -0.481 e. The minimum absolute atomic E-state index is 0.0229. The summed E-state index contributed by atoms with van der Waals surface area (Å²) in [5.41, 5.74) is 0. The Kier molecular flexibility index (Phi) is 5.32. The molecule has 3 atom stereocenters. The third kappa shape index (κ3) is 4.54. The monoisotopic (exact) mass is 270 g/mol. The first-order valence-corrected chi connectivity index (χ1v) is 6.64. The van der Waals surface area contributed by atoms with Crippen LogP contribution < -0.4 is 10.6 Å². The molecule has 0 aromatic rings. The van der Waals surface area contributed by atoms with Crippen LogP contribution in [0.3, 0.4) is 0 Å². The van der Waals surface area contributed by atoms with E-state index in [2.05, 4.69) is 10.6 Å². The van der Waals surface area contributed by atoms with Gasteiger partial charge in [0.15, 0.2) is 0 Å². The maximum Gasteiger partial charge on any atom is 0.306 e. The normalized spacial score (nSPS) is 24.0. The summed E-state index contributed by atoms with van der Waals surface area (Å²) in [5, 5.41) is 14.2. The summed E-state index contributed by atoms with van der Waals surface area (Å²) >= 11 is 0. The molecule has 6 nitrogen and oxygen atoms in total. The van der Waals surface area contributed by atoms with E-state index in [9.17, 15) is 14.4 Å². The molecule has 3 N–H and O–H groups in total. The molecular weight excluding hydrogens is 248 g/mol. The van der Waals surface area contributed by atoms with E-state index in [1.165, 1.54) is 0 Å². The van der Waals surface area contributed by atoms with Crippen molar-refractivity contribution < 1.29 is 19.5 Å². The van der Waals surface area contributed by atoms with Crippen LogP contribution in [-0.2, 0) is 14.4 Å². The molecule has 0 heterocycles. The van der Waals surface area contributed by atoms with Gasteiger partial charge in [0.25, 0.3) is 0 Å². The Morgan fingerprint density at radius 3 is 2.11 bits per heavy atom. The van der Waals surface area contributed by atoms with Gasteiger partial charge in [0.2, 0.25) is 11.8 Å². The molecule has 0 aliphatic heterocycles. The standard InChI is InChI=1S/C13H22N2O4/c1-7(2)14-11(16)8(3)15-12(17)9-4-5-10(6-9)13(18)19/h7-10H,4-6H2,1-3H3,(H,14,16)(H,15,17)(H,18,19)/t8?,9-,10+/m1/s1. The quantitative estimate of drug-likeness (QED) is 0.678. The predicted octanol–water partition coefficient (Wildman–Crippen LogP) is 0.517. The zero-order chi connectivity index (χ0) is 14.6. The Morgan fingerprint density at radius 2 is 1.63 bits per heavy atom. The average molecular weight is 270 g/mol. The smallest absolute Gasteiger partial charge is 0.306 e. The van der Waals surface area contributed by atoms with Crippen molar-refractivity contribution in [2.24, 2.45) is 11.8 Å². The number of amides is 2. The van der Waals surface area contributed by atoms with Gasteiger partial charge in [-0.25, -0.2) is 0 Å². The number of hydrogen-bond acceptors (Lipinski definition) is 3. The van der Waals surface area contributed by atoms with Crippen molar-refractivity contribution in [3.63, 3.8) is 0 Å². The summed E-state index contributed by atoms with van der Waals surface area (Å²) < 4.78 is 0. The van der Waals surface area contributed by atoms with Gasteiger partial charge in [-0.1, -0.05) is 0 Å². The number of carbonyl (C=O) groups is 3. The van der Waals surface area contributed by atoms with E-state index in [4.69, 9.17) is 5.11 Å². The molecule has 0 aromatic carbocycles. The Balaban J connectivity index is 2.43. The SMILES string of the molecule is CC(C)NC(=O)C(C)NC(=O)[C@@H]1CC[C@H](C(=O)O)C1. The lowest BCUT2D eigenvalue weighted by molar-refractivity contribution is -0.141. The molecule has 0 bridgehead atoms. The molecule has 1 saturated carbocycles. The van der Waals surface area contributed by atoms with Crippen molar-refractivity contribution in [2.75, 3.05) is 0 Å². The summed E-state index contributed by atoms with van der Waals surface area (Å²) in [6.07, 6.45) is 1.46. The fraction of sp³-hybridized carbons (Fsp3) is 0.769. The Bertz CT molecular complexity index is 368. The Hall–Kier alpha value is -1.59. The summed E-state index contributed by atoms with van der Waals surface area (Å²) in [6.45, 7) is 5.32. The maximum absolute atomic E-state index is 11.9. The highest BCUT2D eigenvalue weighted by Crippen LogP contribution is 2.31. The average Bonchev–Trinajstić information content (AvgIpc) is 2.77. The third-order valence-electron chi connectivity index (χ3n) is 3.34. The van der Waals surface area contributed by atoms with Crippen LogP contribution in [-0.4, -0.2) is 35.0 Å². The zero-order valence-corrected chi connectivity index (χ0v) is 11.6. The molecule has 1 fully saturated rings. The molecule has 2 amide bonds. The molecule has 1 unspecified atom stereocenters. The van der Waals surface area contributed by atoms with Crippen LogP contribution in [0.5, 0.6) is 0 Å². The molecule has 0 radical (unpaired) electrons. The first-order chi connectivity index (χ1) is 8.81. The fourth-order valence-electron chi connectivity index (χ4n) is 2.25. The fourth-order valence-corrected chi connectivity index (χ4v) is 2.25. The van der Waals surface area contributed by atoms with Gasteiger partial charge < -0.3 is 15.7 Å². The van der Waals surface area contributed by atoms with Crippen LogP contribution in [0, 0.1) is 11.8 Å². The molecular formula is C13H22N2O4. The van der Waals surface area contributed by atoms with E-state index in [0.29, 0.717) is 19.3 Å². The van der Waals surface area contributed by atoms with Crippen molar-refractivity contribution in [3.05, 3.63) is 0 Å². The molecule has 1 rings (SSSR count).